The van der Waals surface area contributed by atoms with Crippen molar-refractivity contribution in [2.75, 3.05) is 0 Å². The minimum Gasteiger partial charge on any atom is -0.311 e. The van der Waals surface area contributed by atoms with E-state index in [4.69, 9.17) is 0 Å². The zero-order chi connectivity index (χ0) is 13.8. The van der Waals surface area contributed by atoms with Gasteiger partial charge in [-0.15, -0.1) is 10.2 Å². The molecule has 0 aliphatic rings. The molecule has 0 aliphatic heterocycles. The summed E-state index contributed by atoms with van der Waals surface area (Å²) in [6.45, 7) is 7.31. The number of aromatic nitrogens is 3. The standard InChI is InChI=1S/C14H20N4S/c1-10(2)15-8-12-7-11(3)5-6-13(12)19-14-17-16-9-18(14)4/h5-7,9-10,15H,8H2,1-4H3. The molecule has 0 amide bonds. The van der Waals surface area contributed by atoms with Crippen LogP contribution in [0.15, 0.2) is 34.6 Å². The van der Waals surface area contributed by atoms with E-state index in [-0.39, 0.29) is 0 Å². The Bertz CT molecular complexity index is 548. The Morgan fingerprint density at radius 1 is 1.37 bits per heavy atom. The van der Waals surface area contributed by atoms with Crippen molar-refractivity contribution in [1.29, 1.82) is 0 Å². The van der Waals surface area contributed by atoms with Gasteiger partial charge >= 0.3 is 0 Å². The molecule has 0 spiro atoms. The van der Waals surface area contributed by atoms with Gasteiger partial charge in [-0.1, -0.05) is 31.5 Å². The lowest BCUT2D eigenvalue weighted by molar-refractivity contribution is 0.584. The molecular formula is C14H20N4S. The average Bonchev–Trinajstić information content (AvgIpc) is 2.75. The predicted molar refractivity (Wildman–Crippen MR) is 78.3 cm³/mol. The van der Waals surface area contributed by atoms with Crippen LogP contribution in [-0.4, -0.2) is 20.8 Å². The Balaban J connectivity index is 2.21. The van der Waals surface area contributed by atoms with E-state index >= 15 is 0 Å². The molecule has 19 heavy (non-hydrogen) atoms. The fraction of sp³-hybridized carbons (Fsp3) is 0.429. The third-order valence-corrected chi connectivity index (χ3v) is 3.96. The fourth-order valence-electron chi connectivity index (χ4n) is 1.72. The molecule has 0 radical (unpaired) electrons. The van der Waals surface area contributed by atoms with Gasteiger partial charge in [-0.05, 0) is 30.3 Å². The summed E-state index contributed by atoms with van der Waals surface area (Å²) < 4.78 is 1.93. The van der Waals surface area contributed by atoms with E-state index in [1.165, 1.54) is 16.0 Å². The van der Waals surface area contributed by atoms with Crippen LogP contribution in [-0.2, 0) is 13.6 Å². The molecule has 2 aromatic rings. The first-order valence-electron chi connectivity index (χ1n) is 6.41. The van der Waals surface area contributed by atoms with Crippen LogP contribution in [0, 0.1) is 6.92 Å². The SMILES string of the molecule is Cc1ccc(Sc2nncn2C)c(CNC(C)C)c1. The van der Waals surface area contributed by atoms with E-state index in [0.717, 1.165) is 11.7 Å². The zero-order valence-corrected chi connectivity index (χ0v) is 12.7. The van der Waals surface area contributed by atoms with Crippen LogP contribution in [0.5, 0.6) is 0 Å². The van der Waals surface area contributed by atoms with Crippen LogP contribution in [0.25, 0.3) is 0 Å². The highest BCUT2D eigenvalue weighted by Gasteiger charge is 2.09. The Labute approximate surface area is 118 Å². The molecular weight excluding hydrogens is 256 g/mol. The van der Waals surface area contributed by atoms with Crippen LogP contribution in [0.2, 0.25) is 0 Å². The maximum Gasteiger partial charge on any atom is 0.195 e. The van der Waals surface area contributed by atoms with E-state index in [2.05, 4.69) is 54.5 Å². The van der Waals surface area contributed by atoms with Crippen molar-refractivity contribution in [3.8, 4) is 0 Å². The molecule has 1 heterocycles. The smallest absolute Gasteiger partial charge is 0.195 e. The summed E-state index contributed by atoms with van der Waals surface area (Å²) in [5, 5.41) is 12.4. The van der Waals surface area contributed by atoms with Gasteiger partial charge in [0.15, 0.2) is 5.16 Å². The van der Waals surface area contributed by atoms with Crippen molar-refractivity contribution >= 4 is 11.8 Å². The molecule has 0 unspecified atom stereocenters. The van der Waals surface area contributed by atoms with Gasteiger partial charge in [0.1, 0.15) is 6.33 Å². The lowest BCUT2D eigenvalue weighted by Gasteiger charge is -2.13. The number of hydrogen-bond donors (Lipinski definition) is 1. The Hall–Kier alpha value is -1.33. The summed E-state index contributed by atoms with van der Waals surface area (Å²) in [4.78, 5) is 1.23. The molecule has 102 valence electrons. The molecule has 0 bridgehead atoms. The minimum atomic E-state index is 0.480. The Morgan fingerprint density at radius 3 is 2.79 bits per heavy atom. The largest absolute Gasteiger partial charge is 0.311 e. The van der Waals surface area contributed by atoms with Gasteiger partial charge in [-0.3, -0.25) is 0 Å². The topological polar surface area (TPSA) is 42.7 Å². The normalized spacial score (nSPS) is 11.2. The first-order chi connectivity index (χ1) is 9.06. The van der Waals surface area contributed by atoms with Crippen LogP contribution in [0.3, 0.4) is 0 Å². The molecule has 0 atom stereocenters. The van der Waals surface area contributed by atoms with E-state index in [1.807, 2.05) is 11.6 Å². The van der Waals surface area contributed by atoms with Gasteiger partial charge in [-0.2, -0.15) is 0 Å². The van der Waals surface area contributed by atoms with Gasteiger partial charge in [-0.25, -0.2) is 0 Å². The number of nitrogens with one attached hydrogen (secondary N) is 1. The van der Waals surface area contributed by atoms with Crippen molar-refractivity contribution in [3.05, 3.63) is 35.7 Å². The van der Waals surface area contributed by atoms with E-state index < -0.39 is 0 Å². The number of rotatable bonds is 5. The van der Waals surface area contributed by atoms with Crippen LogP contribution >= 0.6 is 11.8 Å². The van der Waals surface area contributed by atoms with Crippen molar-refractivity contribution < 1.29 is 0 Å². The van der Waals surface area contributed by atoms with Crippen LogP contribution in [0.1, 0.15) is 25.0 Å². The number of nitrogens with zero attached hydrogens (tertiary/aromatic N) is 3. The fourth-order valence-corrected chi connectivity index (χ4v) is 2.60. The van der Waals surface area contributed by atoms with Gasteiger partial charge in [0, 0.05) is 24.5 Å². The van der Waals surface area contributed by atoms with Crippen molar-refractivity contribution in [1.82, 2.24) is 20.1 Å². The second kappa shape index (κ2) is 6.21. The molecule has 0 saturated heterocycles. The summed E-state index contributed by atoms with van der Waals surface area (Å²) in [5.74, 6) is 0. The first kappa shape index (κ1) is 14.1. The summed E-state index contributed by atoms with van der Waals surface area (Å²) in [6.07, 6.45) is 1.72. The van der Waals surface area contributed by atoms with Gasteiger partial charge < -0.3 is 9.88 Å². The zero-order valence-electron chi connectivity index (χ0n) is 11.8. The number of hydrogen-bond acceptors (Lipinski definition) is 4. The Morgan fingerprint density at radius 2 is 2.16 bits per heavy atom. The quantitative estimate of drug-likeness (QED) is 0.912. The molecule has 0 saturated carbocycles. The van der Waals surface area contributed by atoms with Crippen molar-refractivity contribution in [2.24, 2.45) is 7.05 Å². The summed E-state index contributed by atoms with van der Waals surface area (Å²) >= 11 is 1.66. The number of aryl methyl sites for hydroxylation is 2. The van der Waals surface area contributed by atoms with Crippen LogP contribution in [0.4, 0.5) is 0 Å². The molecule has 1 aromatic carbocycles. The highest BCUT2D eigenvalue weighted by Crippen LogP contribution is 2.29. The van der Waals surface area contributed by atoms with Gasteiger partial charge in [0.05, 0.1) is 0 Å². The second-order valence-electron chi connectivity index (χ2n) is 4.97. The predicted octanol–water partition coefficient (Wildman–Crippen LogP) is 2.77. The van der Waals surface area contributed by atoms with E-state index in [0.29, 0.717) is 6.04 Å². The summed E-state index contributed by atoms with van der Waals surface area (Å²) in [5.41, 5.74) is 2.59. The van der Waals surface area contributed by atoms with Gasteiger partial charge in [0.25, 0.3) is 0 Å². The van der Waals surface area contributed by atoms with Crippen molar-refractivity contribution in [2.45, 2.75) is 43.4 Å². The maximum absolute atomic E-state index is 4.13. The van der Waals surface area contributed by atoms with E-state index in [1.54, 1.807) is 18.1 Å². The maximum atomic E-state index is 4.13. The highest BCUT2D eigenvalue weighted by molar-refractivity contribution is 7.99. The third kappa shape index (κ3) is 3.81. The van der Waals surface area contributed by atoms with Crippen LogP contribution < -0.4 is 5.32 Å². The third-order valence-electron chi connectivity index (χ3n) is 2.79. The summed E-state index contributed by atoms with van der Waals surface area (Å²) in [7, 11) is 1.96. The van der Waals surface area contributed by atoms with Gasteiger partial charge in [0.2, 0.25) is 0 Å². The lowest BCUT2D eigenvalue weighted by Crippen LogP contribution is -2.22. The molecule has 5 heteroatoms. The molecule has 4 nitrogen and oxygen atoms in total. The highest BCUT2D eigenvalue weighted by atomic mass is 32.2. The monoisotopic (exact) mass is 276 g/mol. The molecule has 0 aliphatic carbocycles. The lowest BCUT2D eigenvalue weighted by atomic mass is 10.1. The van der Waals surface area contributed by atoms with Crippen molar-refractivity contribution in [3.63, 3.8) is 0 Å². The second-order valence-corrected chi connectivity index (χ2v) is 5.98. The average molecular weight is 276 g/mol. The molecule has 0 fully saturated rings. The summed E-state index contributed by atoms with van der Waals surface area (Å²) in [6, 6.07) is 7.01. The number of benzene rings is 1. The van der Waals surface area contributed by atoms with E-state index in [9.17, 15) is 0 Å². The Kier molecular flexibility index (Phi) is 4.61. The molecule has 1 aromatic heterocycles. The molecule has 2 rings (SSSR count). The molecule has 1 N–H and O–H groups in total. The first-order valence-corrected chi connectivity index (χ1v) is 7.22. The minimum absolute atomic E-state index is 0.480.